The van der Waals surface area contributed by atoms with Gasteiger partial charge in [-0.3, -0.25) is 4.90 Å². The third-order valence-electron chi connectivity index (χ3n) is 6.33. The van der Waals surface area contributed by atoms with Crippen LogP contribution in [0.15, 0.2) is 48.5 Å². The fourth-order valence-electron chi connectivity index (χ4n) is 4.52. The first-order valence-electron chi connectivity index (χ1n) is 12.3. The highest BCUT2D eigenvalue weighted by Gasteiger charge is 2.31. The van der Waals surface area contributed by atoms with Crippen LogP contribution in [0.25, 0.3) is 0 Å². The second-order valence-corrected chi connectivity index (χ2v) is 12.1. The highest BCUT2D eigenvalue weighted by Crippen LogP contribution is 2.38. The van der Waals surface area contributed by atoms with Crippen molar-refractivity contribution in [2.75, 3.05) is 73.4 Å². The van der Waals surface area contributed by atoms with Crippen LogP contribution in [0.2, 0.25) is 0 Å². The van der Waals surface area contributed by atoms with Gasteiger partial charge in [0.1, 0.15) is 5.60 Å². The Labute approximate surface area is 214 Å². The third-order valence-corrected chi connectivity index (χ3v) is 8.16. The average Bonchev–Trinajstić information content (AvgIpc) is 2.86. The third kappa shape index (κ3) is 5.93. The summed E-state index contributed by atoms with van der Waals surface area (Å²) in [5.41, 5.74) is 3.33. The number of sulfonamides is 1. The lowest BCUT2D eigenvalue weighted by molar-refractivity contribution is 0.0580. The largest absolute Gasteiger partial charge is 0.443 e. The molecule has 0 spiro atoms. The zero-order valence-electron chi connectivity index (χ0n) is 21.5. The minimum Gasteiger partial charge on any atom is -0.443 e. The van der Waals surface area contributed by atoms with Gasteiger partial charge >= 0.3 is 6.09 Å². The first-order chi connectivity index (χ1) is 17.1. The van der Waals surface area contributed by atoms with E-state index in [-0.39, 0.29) is 18.5 Å². The molecule has 2 aliphatic rings. The molecule has 0 N–H and O–H groups in total. The Hall–Kier alpha value is -2.82. The van der Waals surface area contributed by atoms with Crippen LogP contribution in [0.1, 0.15) is 20.8 Å². The van der Waals surface area contributed by atoms with Crippen LogP contribution in [0.3, 0.4) is 0 Å². The van der Waals surface area contributed by atoms with Gasteiger partial charge in [0, 0.05) is 57.8 Å². The molecule has 10 heteroatoms. The normalized spacial score (nSPS) is 17.2. The van der Waals surface area contributed by atoms with E-state index >= 15 is 0 Å². The summed E-state index contributed by atoms with van der Waals surface area (Å²) in [7, 11) is -1.77. The summed E-state index contributed by atoms with van der Waals surface area (Å²) in [6, 6.07) is 16.2. The Bertz CT molecular complexity index is 1160. The number of nitrogens with zero attached hydrogens (tertiary/aromatic N) is 4. The number of anilines is 4. The van der Waals surface area contributed by atoms with E-state index in [9.17, 15) is 13.2 Å². The molecule has 0 aliphatic carbocycles. The van der Waals surface area contributed by atoms with E-state index in [0.717, 1.165) is 22.7 Å². The van der Waals surface area contributed by atoms with E-state index in [1.165, 1.54) is 7.11 Å². The van der Waals surface area contributed by atoms with Gasteiger partial charge in [-0.15, -0.1) is 0 Å². The Morgan fingerprint density at radius 1 is 0.861 bits per heavy atom. The number of piperazine rings is 1. The van der Waals surface area contributed by atoms with E-state index in [1.54, 1.807) is 9.21 Å². The number of fused-ring (bicyclic) bond motifs is 1. The Balaban J connectivity index is 1.44. The zero-order valence-corrected chi connectivity index (χ0v) is 22.3. The van der Waals surface area contributed by atoms with Gasteiger partial charge in [-0.1, -0.05) is 12.1 Å². The molecular weight excluding hydrogens is 480 g/mol. The van der Waals surface area contributed by atoms with Crippen LogP contribution in [0.5, 0.6) is 0 Å². The summed E-state index contributed by atoms with van der Waals surface area (Å²) in [6.45, 7) is 9.20. The van der Waals surface area contributed by atoms with Crippen molar-refractivity contribution in [3.63, 3.8) is 0 Å². The van der Waals surface area contributed by atoms with E-state index in [1.807, 2.05) is 45.0 Å². The molecule has 0 saturated carbocycles. The fourth-order valence-corrected chi connectivity index (χ4v) is 5.88. The number of hydrogen-bond acceptors (Lipinski definition) is 7. The number of hydrogen-bond donors (Lipinski definition) is 0. The number of para-hydroxylation sites is 2. The van der Waals surface area contributed by atoms with Crippen molar-refractivity contribution in [1.29, 1.82) is 0 Å². The van der Waals surface area contributed by atoms with Crippen molar-refractivity contribution in [2.24, 2.45) is 0 Å². The van der Waals surface area contributed by atoms with Crippen molar-refractivity contribution in [2.45, 2.75) is 26.4 Å². The van der Waals surface area contributed by atoms with Crippen molar-refractivity contribution in [3.05, 3.63) is 48.5 Å². The van der Waals surface area contributed by atoms with Crippen molar-refractivity contribution in [1.82, 2.24) is 4.31 Å². The Kier molecular flexibility index (Phi) is 7.77. The highest BCUT2D eigenvalue weighted by atomic mass is 32.2. The molecule has 2 heterocycles. The predicted molar refractivity (Wildman–Crippen MR) is 143 cm³/mol. The summed E-state index contributed by atoms with van der Waals surface area (Å²) in [5.74, 6) is 0.0147. The second-order valence-electron chi connectivity index (χ2n) is 9.98. The van der Waals surface area contributed by atoms with Gasteiger partial charge in [0.25, 0.3) is 0 Å². The van der Waals surface area contributed by atoms with Crippen LogP contribution < -0.4 is 14.7 Å². The average molecular weight is 517 g/mol. The van der Waals surface area contributed by atoms with Crippen molar-refractivity contribution in [3.8, 4) is 0 Å². The smallest absolute Gasteiger partial charge is 0.414 e. The maximum atomic E-state index is 12.8. The van der Waals surface area contributed by atoms with Crippen LogP contribution in [-0.4, -0.2) is 83.2 Å². The van der Waals surface area contributed by atoms with E-state index in [0.29, 0.717) is 39.3 Å². The van der Waals surface area contributed by atoms with Gasteiger partial charge < -0.3 is 19.3 Å². The van der Waals surface area contributed by atoms with Crippen LogP contribution in [-0.2, 0) is 19.5 Å². The number of benzene rings is 2. The van der Waals surface area contributed by atoms with E-state index in [4.69, 9.17) is 9.47 Å². The van der Waals surface area contributed by atoms with Crippen molar-refractivity contribution < 1.29 is 22.7 Å². The molecule has 0 atom stereocenters. The first kappa shape index (κ1) is 26.2. The Morgan fingerprint density at radius 3 is 2.08 bits per heavy atom. The van der Waals surface area contributed by atoms with E-state index < -0.39 is 15.6 Å². The summed E-state index contributed by atoms with van der Waals surface area (Å²) < 4.78 is 37.0. The quantitative estimate of drug-likeness (QED) is 0.579. The number of rotatable bonds is 6. The van der Waals surface area contributed by atoms with Gasteiger partial charge in [-0.2, -0.15) is 4.31 Å². The Morgan fingerprint density at radius 2 is 1.47 bits per heavy atom. The molecule has 1 amide bonds. The number of carbonyl (C=O) groups is 1. The second kappa shape index (κ2) is 10.7. The topological polar surface area (TPSA) is 82.6 Å². The molecule has 2 aliphatic heterocycles. The van der Waals surface area contributed by atoms with Crippen LogP contribution >= 0.6 is 0 Å². The minimum atomic E-state index is -3.28. The minimum absolute atomic E-state index is 0.0147. The predicted octanol–water partition coefficient (Wildman–Crippen LogP) is 3.68. The fraction of sp³-hybridized carbons (Fsp3) is 0.500. The molecule has 1 saturated heterocycles. The molecule has 196 valence electrons. The lowest BCUT2D eigenvalue weighted by atomic mass is 10.1. The number of carbonyl (C=O) groups excluding carboxylic acids is 1. The summed E-state index contributed by atoms with van der Waals surface area (Å²) in [6.07, 6.45) is -0.340. The maximum absolute atomic E-state index is 12.8. The lowest BCUT2D eigenvalue weighted by Gasteiger charge is -2.38. The molecule has 2 aromatic rings. The number of amides is 1. The molecule has 4 rings (SSSR count). The lowest BCUT2D eigenvalue weighted by Crippen LogP contribution is -2.49. The standard InChI is InChI=1S/C26H36N4O5S/c1-26(2,3)35-25(31)30-18-17-29(23-7-5-6-8-24(23)30)22-11-9-21(10-12-22)27-13-15-28(16-14-27)36(32,33)20-19-34-4/h5-12H,13-20H2,1-4H3. The van der Waals surface area contributed by atoms with Crippen LogP contribution in [0, 0.1) is 0 Å². The molecule has 0 bridgehead atoms. The van der Waals surface area contributed by atoms with Gasteiger partial charge in [0.15, 0.2) is 0 Å². The highest BCUT2D eigenvalue weighted by molar-refractivity contribution is 7.89. The molecule has 0 unspecified atom stereocenters. The molecule has 2 aromatic carbocycles. The molecule has 0 aromatic heterocycles. The summed E-state index contributed by atoms with van der Waals surface area (Å²) in [5, 5.41) is 0. The van der Waals surface area contributed by atoms with Gasteiger partial charge in [-0.05, 0) is 57.2 Å². The van der Waals surface area contributed by atoms with E-state index in [2.05, 4.69) is 34.1 Å². The first-order valence-corrected chi connectivity index (χ1v) is 13.9. The molecule has 36 heavy (non-hydrogen) atoms. The molecule has 9 nitrogen and oxygen atoms in total. The molecule has 0 radical (unpaired) electrons. The summed E-state index contributed by atoms with van der Waals surface area (Å²) in [4.78, 5) is 18.9. The molecule has 1 fully saturated rings. The monoisotopic (exact) mass is 516 g/mol. The van der Waals surface area contributed by atoms with Gasteiger partial charge in [0.05, 0.1) is 23.7 Å². The number of ether oxygens (including phenoxy) is 2. The molecular formula is C26H36N4O5S. The SMILES string of the molecule is COCCS(=O)(=O)N1CCN(c2ccc(N3CCN(C(=O)OC(C)(C)C)c4ccccc43)cc2)CC1. The van der Waals surface area contributed by atoms with Gasteiger partial charge in [0.2, 0.25) is 10.0 Å². The van der Waals surface area contributed by atoms with Crippen molar-refractivity contribution >= 4 is 38.9 Å². The number of methoxy groups -OCH3 is 1. The zero-order chi connectivity index (χ0) is 25.9. The van der Waals surface area contributed by atoms with Gasteiger partial charge in [-0.25, -0.2) is 13.2 Å². The van der Waals surface area contributed by atoms with Crippen LogP contribution in [0.4, 0.5) is 27.5 Å². The summed E-state index contributed by atoms with van der Waals surface area (Å²) >= 11 is 0. The maximum Gasteiger partial charge on any atom is 0.414 e.